The summed E-state index contributed by atoms with van der Waals surface area (Å²) in [4.78, 5) is 27.6. The molecule has 0 aliphatic rings. The van der Waals surface area contributed by atoms with Gasteiger partial charge in [-0.2, -0.15) is 0 Å². The molecule has 0 aromatic heterocycles. The molecule has 2 amide bonds. The first-order valence-corrected chi connectivity index (χ1v) is 13.1. The molecule has 180 valence electrons. The maximum absolute atomic E-state index is 13.5. The van der Waals surface area contributed by atoms with Gasteiger partial charge in [-0.05, 0) is 56.5 Å². The van der Waals surface area contributed by atoms with E-state index in [-0.39, 0.29) is 18.5 Å². The van der Waals surface area contributed by atoms with Gasteiger partial charge in [-0.1, -0.05) is 48.9 Å². The van der Waals surface area contributed by atoms with Crippen molar-refractivity contribution in [3.63, 3.8) is 0 Å². The van der Waals surface area contributed by atoms with Crippen LogP contribution < -0.4 is 9.62 Å². The van der Waals surface area contributed by atoms with Crippen LogP contribution >= 0.6 is 11.6 Å². The van der Waals surface area contributed by atoms with Gasteiger partial charge in [0.2, 0.25) is 21.8 Å². The van der Waals surface area contributed by atoms with Crippen molar-refractivity contribution in [2.75, 3.05) is 17.1 Å². The fourth-order valence-electron chi connectivity index (χ4n) is 3.47. The van der Waals surface area contributed by atoms with Crippen molar-refractivity contribution in [3.05, 3.63) is 64.7 Å². The average Bonchev–Trinajstić information content (AvgIpc) is 2.74. The molecule has 0 aliphatic heterocycles. The maximum atomic E-state index is 13.5. The summed E-state index contributed by atoms with van der Waals surface area (Å²) in [6.45, 7) is 6.91. The normalized spacial score (nSPS) is 12.3. The quantitative estimate of drug-likeness (QED) is 0.547. The summed E-state index contributed by atoms with van der Waals surface area (Å²) in [6.07, 6.45) is 1.68. The van der Waals surface area contributed by atoms with E-state index in [1.807, 2.05) is 32.9 Å². The number of anilines is 1. The van der Waals surface area contributed by atoms with E-state index in [1.165, 1.54) is 4.90 Å². The van der Waals surface area contributed by atoms with Crippen LogP contribution in [0, 0.1) is 0 Å². The summed E-state index contributed by atoms with van der Waals surface area (Å²) in [5.74, 6) is -0.807. The molecule has 0 fully saturated rings. The summed E-state index contributed by atoms with van der Waals surface area (Å²) >= 11 is 6.11. The number of sulfonamides is 1. The Morgan fingerprint density at radius 1 is 1.06 bits per heavy atom. The first-order valence-electron chi connectivity index (χ1n) is 10.8. The Kier molecular flexibility index (Phi) is 9.31. The number of carbonyl (C=O) groups excluding carboxylic acids is 2. The van der Waals surface area contributed by atoms with Crippen molar-refractivity contribution in [1.29, 1.82) is 0 Å². The summed E-state index contributed by atoms with van der Waals surface area (Å²) in [5.41, 5.74) is 2.00. The molecule has 0 spiro atoms. The topological polar surface area (TPSA) is 86.8 Å². The first-order chi connectivity index (χ1) is 15.4. The first kappa shape index (κ1) is 26.7. The van der Waals surface area contributed by atoms with Crippen molar-refractivity contribution in [1.82, 2.24) is 10.2 Å². The Morgan fingerprint density at radius 3 is 2.30 bits per heavy atom. The van der Waals surface area contributed by atoms with Crippen LogP contribution in [0.15, 0.2) is 48.5 Å². The Bertz CT molecular complexity index is 1090. The number of nitrogens with one attached hydrogen (secondary N) is 1. The third-order valence-corrected chi connectivity index (χ3v) is 6.52. The molecule has 0 bridgehead atoms. The zero-order valence-corrected chi connectivity index (χ0v) is 21.3. The van der Waals surface area contributed by atoms with Crippen LogP contribution in [-0.2, 0) is 32.6 Å². The largest absolute Gasteiger partial charge is 0.352 e. The highest BCUT2D eigenvalue weighted by atomic mass is 35.5. The molecule has 0 saturated heterocycles. The van der Waals surface area contributed by atoms with Gasteiger partial charge in [-0.3, -0.25) is 13.9 Å². The van der Waals surface area contributed by atoms with Gasteiger partial charge in [0, 0.05) is 17.6 Å². The molecule has 1 atom stereocenters. The number of amides is 2. The molecule has 1 N–H and O–H groups in total. The molecular weight excluding hydrogens is 462 g/mol. The van der Waals surface area contributed by atoms with Crippen LogP contribution in [-0.4, -0.2) is 50.0 Å². The molecule has 2 aromatic carbocycles. The van der Waals surface area contributed by atoms with Gasteiger partial charge in [0.1, 0.15) is 12.6 Å². The molecule has 9 heteroatoms. The van der Waals surface area contributed by atoms with Crippen LogP contribution in [0.5, 0.6) is 0 Å². The zero-order chi connectivity index (χ0) is 24.8. The summed E-state index contributed by atoms with van der Waals surface area (Å²) in [6, 6.07) is 13.2. The highest BCUT2D eigenvalue weighted by Gasteiger charge is 2.30. The lowest BCUT2D eigenvalue weighted by Gasteiger charge is -2.32. The third-order valence-electron chi connectivity index (χ3n) is 5.16. The minimum absolute atomic E-state index is 0.105. The number of halogens is 1. The van der Waals surface area contributed by atoms with E-state index >= 15 is 0 Å². The van der Waals surface area contributed by atoms with Crippen molar-refractivity contribution < 1.29 is 18.0 Å². The van der Waals surface area contributed by atoms with Crippen LogP contribution in [0.25, 0.3) is 0 Å². The van der Waals surface area contributed by atoms with E-state index in [4.69, 9.17) is 11.6 Å². The smallest absolute Gasteiger partial charge is 0.244 e. The van der Waals surface area contributed by atoms with Gasteiger partial charge in [-0.15, -0.1) is 0 Å². The summed E-state index contributed by atoms with van der Waals surface area (Å²) in [5, 5.41) is 3.33. The Balaban J connectivity index is 2.43. The second-order valence-corrected chi connectivity index (χ2v) is 10.6. The molecule has 7 nitrogen and oxygen atoms in total. The minimum atomic E-state index is -3.76. The van der Waals surface area contributed by atoms with E-state index in [0.717, 1.165) is 21.7 Å². The lowest BCUT2D eigenvalue weighted by molar-refractivity contribution is -0.139. The van der Waals surface area contributed by atoms with E-state index in [0.29, 0.717) is 17.1 Å². The second-order valence-electron chi connectivity index (χ2n) is 8.24. The van der Waals surface area contributed by atoms with Crippen LogP contribution in [0.3, 0.4) is 0 Å². The van der Waals surface area contributed by atoms with Crippen LogP contribution in [0.4, 0.5) is 5.69 Å². The number of hydrogen-bond donors (Lipinski definition) is 1. The highest BCUT2D eigenvalue weighted by Crippen LogP contribution is 2.24. The van der Waals surface area contributed by atoms with Gasteiger partial charge in [0.15, 0.2) is 0 Å². The number of nitrogens with zero attached hydrogens (tertiary/aromatic N) is 2. The highest BCUT2D eigenvalue weighted by molar-refractivity contribution is 7.92. The van der Waals surface area contributed by atoms with E-state index < -0.39 is 28.5 Å². The SMILES string of the molecule is CCc1ccccc1N(CC(=O)N(Cc1cccc(Cl)c1)[C@@H](C)C(=O)NC(C)C)S(C)(=O)=O. The maximum Gasteiger partial charge on any atom is 0.244 e. The Labute approximate surface area is 201 Å². The molecule has 0 radical (unpaired) electrons. The number of hydrogen-bond acceptors (Lipinski definition) is 4. The lowest BCUT2D eigenvalue weighted by atomic mass is 10.1. The number of benzene rings is 2. The molecule has 33 heavy (non-hydrogen) atoms. The molecule has 0 saturated carbocycles. The minimum Gasteiger partial charge on any atom is -0.352 e. The van der Waals surface area contributed by atoms with E-state index in [9.17, 15) is 18.0 Å². The summed E-state index contributed by atoms with van der Waals surface area (Å²) < 4.78 is 26.4. The fourth-order valence-corrected chi connectivity index (χ4v) is 4.56. The van der Waals surface area contributed by atoms with E-state index in [2.05, 4.69) is 5.32 Å². The Morgan fingerprint density at radius 2 is 1.73 bits per heavy atom. The van der Waals surface area contributed by atoms with E-state index in [1.54, 1.807) is 43.3 Å². The molecule has 0 heterocycles. The predicted molar refractivity (Wildman–Crippen MR) is 133 cm³/mol. The standard InChI is InChI=1S/C24H32ClN3O4S/c1-6-20-11-7-8-13-22(20)28(33(5,31)32)16-23(29)27(18(4)24(30)26-17(2)3)15-19-10-9-12-21(25)14-19/h7-14,17-18H,6,15-16H2,1-5H3,(H,26,30)/t18-/m0/s1. The number of rotatable bonds is 10. The van der Waals surface area contributed by atoms with Crippen LogP contribution in [0.2, 0.25) is 5.02 Å². The number of para-hydroxylation sites is 1. The van der Waals surface area contributed by atoms with Crippen molar-refractivity contribution in [2.45, 2.75) is 52.7 Å². The van der Waals surface area contributed by atoms with Gasteiger partial charge in [0.25, 0.3) is 0 Å². The van der Waals surface area contributed by atoms with Crippen LogP contribution in [0.1, 0.15) is 38.8 Å². The Hall–Kier alpha value is -2.58. The predicted octanol–water partition coefficient (Wildman–Crippen LogP) is 3.61. The average molecular weight is 494 g/mol. The van der Waals surface area contributed by atoms with Gasteiger partial charge >= 0.3 is 0 Å². The van der Waals surface area contributed by atoms with Crippen molar-refractivity contribution in [2.24, 2.45) is 0 Å². The summed E-state index contributed by atoms with van der Waals surface area (Å²) in [7, 11) is -3.76. The van der Waals surface area contributed by atoms with Gasteiger partial charge < -0.3 is 10.2 Å². The third kappa shape index (κ3) is 7.47. The van der Waals surface area contributed by atoms with Gasteiger partial charge in [-0.25, -0.2) is 8.42 Å². The fraction of sp³-hybridized carbons (Fsp3) is 0.417. The molecule has 2 rings (SSSR count). The molecule has 0 unspecified atom stereocenters. The monoisotopic (exact) mass is 493 g/mol. The number of carbonyl (C=O) groups is 2. The lowest BCUT2D eigenvalue weighted by Crippen LogP contribution is -2.52. The second kappa shape index (κ2) is 11.5. The molecule has 0 aliphatic carbocycles. The molecule has 2 aromatic rings. The van der Waals surface area contributed by atoms with Crippen molar-refractivity contribution >= 4 is 39.1 Å². The van der Waals surface area contributed by atoms with Crippen molar-refractivity contribution in [3.8, 4) is 0 Å². The number of aryl methyl sites for hydroxylation is 1. The van der Waals surface area contributed by atoms with Gasteiger partial charge in [0.05, 0.1) is 11.9 Å². The molecular formula is C24H32ClN3O4S. The zero-order valence-electron chi connectivity index (χ0n) is 19.7.